The van der Waals surface area contributed by atoms with E-state index in [0.717, 1.165) is 16.9 Å². The van der Waals surface area contributed by atoms with Gasteiger partial charge in [0.2, 0.25) is 0 Å². The average Bonchev–Trinajstić information content (AvgIpc) is 2.46. The molecule has 0 aliphatic carbocycles. The summed E-state index contributed by atoms with van der Waals surface area (Å²) in [5.74, 6) is 1.48. The summed E-state index contributed by atoms with van der Waals surface area (Å²) >= 11 is 0. The predicted octanol–water partition coefficient (Wildman–Crippen LogP) is 2.51. The first-order valence-electron chi connectivity index (χ1n) is 9.75. The van der Waals surface area contributed by atoms with Crippen molar-refractivity contribution in [1.82, 2.24) is 9.47 Å². The van der Waals surface area contributed by atoms with Crippen molar-refractivity contribution in [2.24, 2.45) is 23.7 Å². The van der Waals surface area contributed by atoms with E-state index >= 15 is 0 Å². The zero-order valence-corrected chi connectivity index (χ0v) is 19.4. The second kappa shape index (κ2) is 8.81. The summed E-state index contributed by atoms with van der Waals surface area (Å²) in [6.07, 6.45) is 1.19. The third-order valence-corrected chi connectivity index (χ3v) is 7.02. The first kappa shape index (κ1) is 21.6. The van der Waals surface area contributed by atoms with Crippen LogP contribution in [0.25, 0.3) is 0 Å². The quantitative estimate of drug-likeness (QED) is 0.518. The Bertz CT molecular complexity index is 404. The molecule has 0 spiro atoms. The van der Waals surface area contributed by atoms with Crippen molar-refractivity contribution in [2.75, 3.05) is 19.7 Å². The number of rotatable bonds is 7. The maximum atomic E-state index is 12.3. The highest BCUT2D eigenvalue weighted by molar-refractivity contribution is 6.05. The molecule has 1 fully saturated rings. The van der Waals surface area contributed by atoms with Crippen LogP contribution >= 0.6 is 0 Å². The van der Waals surface area contributed by atoms with Crippen LogP contribution in [0.2, 0.25) is 0 Å². The first-order chi connectivity index (χ1) is 11.1. The molecule has 1 rings (SSSR count). The SMILES string of the molecule is CCOC(=O)C(C)CN1C(C(C)C)CCN([SiH3])C1(C(C)C)C(C)C. The van der Waals surface area contributed by atoms with Crippen LogP contribution in [0.5, 0.6) is 0 Å². The van der Waals surface area contributed by atoms with Crippen LogP contribution in [-0.4, -0.2) is 57.2 Å². The molecule has 2 atom stereocenters. The number of ether oxygens (including phenoxy) is 1. The lowest BCUT2D eigenvalue weighted by molar-refractivity contribution is -0.163. The molecule has 4 nitrogen and oxygen atoms in total. The largest absolute Gasteiger partial charge is 0.466 e. The van der Waals surface area contributed by atoms with E-state index in [-0.39, 0.29) is 17.6 Å². The number of esters is 1. The van der Waals surface area contributed by atoms with E-state index in [1.165, 1.54) is 13.0 Å². The highest BCUT2D eigenvalue weighted by Crippen LogP contribution is 2.42. The number of carbonyl (C=O) groups is 1. The van der Waals surface area contributed by atoms with Gasteiger partial charge in [-0.2, -0.15) is 0 Å². The zero-order chi connectivity index (χ0) is 18.7. The van der Waals surface area contributed by atoms with Crippen LogP contribution < -0.4 is 0 Å². The van der Waals surface area contributed by atoms with E-state index in [0.29, 0.717) is 30.4 Å². The molecule has 24 heavy (non-hydrogen) atoms. The Labute approximate surface area is 152 Å². The molecule has 0 amide bonds. The molecular formula is C19H40N2O2Si. The van der Waals surface area contributed by atoms with E-state index < -0.39 is 0 Å². The van der Waals surface area contributed by atoms with Crippen molar-refractivity contribution in [1.29, 1.82) is 0 Å². The van der Waals surface area contributed by atoms with Crippen LogP contribution in [0.1, 0.15) is 61.8 Å². The third-order valence-electron chi connectivity index (χ3n) is 5.86. The summed E-state index contributed by atoms with van der Waals surface area (Å²) in [5, 5.41) is 0. The molecule has 1 saturated heterocycles. The predicted molar refractivity (Wildman–Crippen MR) is 105 cm³/mol. The highest BCUT2D eigenvalue weighted by Gasteiger charge is 2.51. The second-order valence-corrected chi connectivity index (χ2v) is 9.50. The van der Waals surface area contributed by atoms with E-state index in [9.17, 15) is 4.79 Å². The Hall–Kier alpha value is -0.393. The van der Waals surface area contributed by atoms with Gasteiger partial charge in [-0.05, 0) is 37.6 Å². The smallest absolute Gasteiger partial charge is 0.309 e. The van der Waals surface area contributed by atoms with Crippen LogP contribution in [-0.2, 0) is 9.53 Å². The van der Waals surface area contributed by atoms with E-state index in [4.69, 9.17) is 4.74 Å². The molecule has 1 aliphatic heterocycles. The lowest BCUT2D eigenvalue weighted by atomic mass is 9.77. The average molecular weight is 357 g/mol. The van der Waals surface area contributed by atoms with Crippen molar-refractivity contribution >= 4 is 16.4 Å². The van der Waals surface area contributed by atoms with Crippen LogP contribution in [0, 0.1) is 23.7 Å². The van der Waals surface area contributed by atoms with Gasteiger partial charge in [0.25, 0.3) is 0 Å². The molecule has 5 heteroatoms. The molecule has 1 heterocycles. The van der Waals surface area contributed by atoms with Gasteiger partial charge in [-0.3, -0.25) is 9.69 Å². The number of hydrogen-bond donors (Lipinski definition) is 0. The number of nitrogens with zero attached hydrogens (tertiary/aromatic N) is 2. The minimum atomic E-state index is -0.0868. The van der Waals surface area contributed by atoms with Crippen LogP contribution in [0.3, 0.4) is 0 Å². The minimum Gasteiger partial charge on any atom is -0.466 e. The third kappa shape index (κ3) is 4.05. The molecule has 0 aromatic heterocycles. The highest BCUT2D eigenvalue weighted by atomic mass is 28.2. The number of carbonyl (C=O) groups excluding carboxylic acids is 1. The molecule has 0 aromatic carbocycles. The van der Waals surface area contributed by atoms with Gasteiger partial charge in [0.15, 0.2) is 0 Å². The topological polar surface area (TPSA) is 32.8 Å². The normalized spacial score (nSPS) is 24.0. The maximum Gasteiger partial charge on any atom is 0.309 e. The van der Waals surface area contributed by atoms with Crippen LogP contribution in [0.15, 0.2) is 0 Å². The molecule has 2 unspecified atom stereocenters. The Morgan fingerprint density at radius 2 is 1.71 bits per heavy atom. The van der Waals surface area contributed by atoms with Gasteiger partial charge in [-0.1, -0.05) is 48.5 Å². The van der Waals surface area contributed by atoms with Gasteiger partial charge >= 0.3 is 5.97 Å². The van der Waals surface area contributed by atoms with Crippen molar-refractivity contribution in [3.05, 3.63) is 0 Å². The number of hydrogen-bond acceptors (Lipinski definition) is 4. The molecule has 0 saturated carbocycles. The molecule has 1 aliphatic rings. The fourth-order valence-corrected chi connectivity index (χ4v) is 6.53. The fraction of sp³-hybridized carbons (Fsp3) is 0.947. The molecular weight excluding hydrogens is 316 g/mol. The lowest BCUT2D eigenvalue weighted by Crippen LogP contribution is -2.73. The Kier molecular flexibility index (Phi) is 7.95. The van der Waals surface area contributed by atoms with Gasteiger partial charge in [-0.25, -0.2) is 0 Å². The summed E-state index contributed by atoms with van der Waals surface area (Å²) in [4.78, 5) is 14.9. The van der Waals surface area contributed by atoms with E-state index in [2.05, 4.69) is 51.0 Å². The maximum absolute atomic E-state index is 12.3. The van der Waals surface area contributed by atoms with E-state index in [1.54, 1.807) is 0 Å². The van der Waals surface area contributed by atoms with Crippen molar-refractivity contribution in [3.63, 3.8) is 0 Å². The summed E-state index contributed by atoms with van der Waals surface area (Å²) in [6, 6.07) is 0.525. The van der Waals surface area contributed by atoms with Gasteiger partial charge in [-0.15, -0.1) is 0 Å². The Balaban J connectivity index is 3.26. The molecule has 142 valence electrons. The molecule has 0 aromatic rings. The standard InChI is InChI=1S/C19H40N2O2Si/c1-9-23-18(22)16(8)12-20-17(13(2)3)10-11-21(24)19(20,14(4)5)15(6)7/h13-17H,9-12H2,1-8,24H3. The van der Waals surface area contributed by atoms with Gasteiger partial charge in [0.05, 0.1) is 28.6 Å². The van der Waals surface area contributed by atoms with E-state index in [1.807, 2.05) is 13.8 Å². The second-order valence-electron chi connectivity index (χ2n) is 8.42. The van der Waals surface area contributed by atoms with Gasteiger partial charge in [0, 0.05) is 12.6 Å². The zero-order valence-electron chi connectivity index (χ0n) is 17.4. The lowest BCUT2D eigenvalue weighted by Gasteiger charge is -2.62. The Morgan fingerprint density at radius 1 is 1.17 bits per heavy atom. The summed E-state index contributed by atoms with van der Waals surface area (Å²) in [7, 11) is 1.05. The minimum absolute atomic E-state index is 0.0418. The first-order valence-corrected chi connectivity index (χ1v) is 10.6. The van der Waals surface area contributed by atoms with Crippen LogP contribution in [0.4, 0.5) is 0 Å². The molecule has 0 radical (unpaired) electrons. The summed E-state index contributed by atoms with van der Waals surface area (Å²) in [6.45, 7) is 20.3. The summed E-state index contributed by atoms with van der Waals surface area (Å²) < 4.78 is 7.95. The Morgan fingerprint density at radius 3 is 2.12 bits per heavy atom. The molecule has 0 N–H and O–H groups in total. The monoisotopic (exact) mass is 356 g/mol. The van der Waals surface area contributed by atoms with Gasteiger partial charge in [0.1, 0.15) is 0 Å². The van der Waals surface area contributed by atoms with Crippen molar-refractivity contribution in [2.45, 2.75) is 73.5 Å². The van der Waals surface area contributed by atoms with Crippen molar-refractivity contribution in [3.8, 4) is 0 Å². The van der Waals surface area contributed by atoms with Crippen molar-refractivity contribution < 1.29 is 9.53 Å². The summed E-state index contributed by atoms with van der Waals surface area (Å²) in [5.41, 5.74) is 0.0418. The molecule has 0 bridgehead atoms. The fourth-order valence-electron chi connectivity index (χ4n) is 4.99. The van der Waals surface area contributed by atoms with Gasteiger partial charge < -0.3 is 9.30 Å².